The van der Waals surface area contributed by atoms with Crippen LogP contribution >= 0.6 is 0 Å². The van der Waals surface area contributed by atoms with Crippen molar-refractivity contribution in [1.29, 1.82) is 5.26 Å². The predicted molar refractivity (Wildman–Crippen MR) is 105 cm³/mol. The molecule has 5 rings (SSSR count). The quantitative estimate of drug-likeness (QED) is 0.561. The number of ketones is 1. The van der Waals surface area contributed by atoms with Crippen molar-refractivity contribution in [2.45, 2.75) is 25.7 Å². The van der Waals surface area contributed by atoms with Gasteiger partial charge in [-0.15, -0.1) is 0 Å². The van der Waals surface area contributed by atoms with Crippen molar-refractivity contribution >= 4 is 5.78 Å². The molecule has 0 bridgehead atoms. The molecule has 1 unspecified atom stereocenters. The van der Waals surface area contributed by atoms with Crippen molar-refractivity contribution in [3.05, 3.63) is 94.0 Å². The largest absolute Gasteiger partial charge is 0.294 e. The van der Waals surface area contributed by atoms with E-state index in [-0.39, 0.29) is 5.78 Å². The highest BCUT2D eigenvalue weighted by molar-refractivity contribution is 6.06. The molecule has 3 aromatic carbocycles. The number of carbonyl (C=O) groups excluding carboxylic acids is 1. The molecule has 1 atom stereocenters. The Kier molecular flexibility index (Phi) is 3.89. The Hall–Kier alpha value is -3.32. The van der Waals surface area contributed by atoms with Gasteiger partial charge in [0.25, 0.3) is 0 Å². The van der Waals surface area contributed by atoms with Gasteiger partial charge in [-0.2, -0.15) is 5.26 Å². The summed E-state index contributed by atoms with van der Waals surface area (Å²) in [5, 5.41) is 9.13. The Morgan fingerprint density at radius 1 is 0.862 bits per heavy atom. The van der Waals surface area contributed by atoms with Gasteiger partial charge in [-0.3, -0.25) is 4.79 Å². The van der Waals surface area contributed by atoms with Crippen LogP contribution in [0.2, 0.25) is 0 Å². The number of nitrogens with zero attached hydrogens (tertiary/aromatic N) is 1. The van der Waals surface area contributed by atoms with Crippen LogP contribution in [-0.2, 0) is 19.3 Å². The van der Waals surface area contributed by atoms with E-state index in [2.05, 4.69) is 6.07 Å². The summed E-state index contributed by atoms with van der Waals surface area (Å²) >= 11 is 0. The van der Waals surface area contributed by atoms with E-state index in [9.17, 15) is 13.6 Å². The van der Waals surface area contributed by atoms with Gasteiger partial charge in [0.1, 0.15) is 0 Å². The molecule has 0 amide bonds. The first kappa shape index (κ1) is 17.8. The number of nitriles is 1. The lowest BCUT2D eigenvalue weighted by molar-refractivity contribution is 0.0794. The predicted octanol–water partition coefficient (Wildman–Crippen LogP) is 5.42. The Morgan fingerprint density at radius 3 is 2.38 bits per heavy atom. The van der Waals surface area contributed by atoms with Crippen molar-refractivity contribution in [2.75, 3.05) is 0 Å². The Labute approximate surface area is 167 Å². The highest BCUT2D eigenvalue weighted by Crippen LogP contribution is 2.47. The molecular formula is C25H17F2NO. The third kappa shape index (κ3) is 2.77. The SMILES string of the molecule is N#Cc1cccc(-c2ccc3c(c2)C(=O)C2(CCc4cc(F)c(F)cc4C2)C3)c1. The molecule has 0 fully saturated rings. The fraction of sp³-hybridized carbons (Fsp3) is 0.200. The number of Topliss-reactive ketones (excluding diaryl/α,β-unsaturated/α-hetero) is 1. The summed E-state index contributed by atoms with van der Waals surface area (Å²) in [6.07, 6.45) is 2.27. The fourth-order valence-corrected chi connectivity index (χ4v) is 4.82. The molecule has 0 aliphatic heterocycles. The third-order valence-electron chi connectivity index (χ3n) is 6.33. The first-order chi connectivity index (χ1) is 14.0. The van der Waals surface area contributed by atoms with E-state index in [0.29, 0.717) is 36.8 Å². The molecule has 0 N–H and O–H groups in total. The van der Waals surface area contributed by atoms with Crippen LogP contribution in [-0.4, -0.2) is 5.78 Å². The minimum absolute atomic E-state index is 0.0844. The highest BCUT2D eigenvalue weighted by Gasteiger charge is 2.47. The van der Waals surface area contributed by atoms with Crippen molar-refractivity contribution in [1.82, 2.24) is 0 Å². The van der Waals surface area contributed by atoms with Crippen LogP contribution in [0.4, 0.5) is 8.78 Å². The molecule has 2 aliphatic rings. The van der Waals surface area contributed by atoms with E-state index in [1.807, 2.05) is 36.4 Å². The summed E-state index contributed by atoms with van der Waals surface area (Å²) < 4.78 is 27.3. The third-order valence-corrected chi connectivity index (χ3v) is 6.33. The lowest BCUT2D eigenvalue weighted by Gasteiger charge is -2.33. The number of benzene rings is 3. The minimum Gasteiger partial charge on any atom is -0.294 e. The second-order valence-corrected chi connectivity index (χ2v) is 8.06. The first-order valence-electron chi connectivity index (χ1n) is 9.64. The van der Waals surface area contributed by atoms with Crippen molar-refractivity contribution in [3.8, 4) is 17.2 Å². The zero-order valence-electron chi connectivity index (χ0n) is 15.6. The van der Waals surface area contributed by atoms with Gasteiger partial charge in [0.2, 0.25) is 0 Å². The molecule has 0 saturated carbocycles. The zero-order chi connectivity index (χ0) is 20.2. The standard InChI is InChI=1S/C25H17F2NO/c26-22-10-18-6-7-25(13-20(18)11-23(22)27)12-19-5-4-17(9-21(19)24(25)29)16-3-1-2-15(8-16)14-28/h1-5,8-11H,6-7,12-13H2. The van der Waals surface area contributed by atoms with Gasteiger partial charge in [-0.25, -0.2) is 8.78 Å². The monoisotopic (exact) mass is 385 g/mol. The maximum atomic E-state index is 13.8. The summed E-state index contributed by atoms with van der Waals surface area (Å²) in [7, 11) is 0. The highest BCUT2D eigenvalue weighted by atomic mass is 19.2. The fourth-order valence-electron chi connectivity index (χ4n) is 4.82. The minimum atomic E-state index is -0.858. The molecule has 0 heterocycles. The van der Waals surface area contributed by atoms with E-state index < -0.39 is 17.0 Å². The second-order valence-electron chi connectivity index (χ2n) is 8.06. The zero-order valence-corrected chi connectivity index (χ0v) is 15.6. The molecule has 0 saturated heterocycles. The molecule has 29 heavy (non-hydrogen) atoms. The molecular weight excluding hydrogens is 368 g/mol. The van der Waals surface area contributed by atoms with Crippen LogP contribution in [0.5, 0.6) is 0 Å². The van der Waals surface area contributed by atoms with Crippen LogP contribution < -0.4 is 0 Å². The molecule has 4 heteroatoms. The lowest BCUT2D eigenvalue weighted by atomic mass is 9.69. The summed E-state index contributed by atoms with van der Waals surface area (Å²) in [5.74, 6) is -1.60. The van der Waals surface area contributed by atoms with Crippen LogP contribution in [0.25, 0.3) is 11.1 Å². The number of aryl methyl sites for hydroxylation is 1. The normalized spacial score (nSPS) is 19.7. The number of rotatable bonds is 1. The topological polar surface area (TPSA) is 40.9 Å². The smallest absolute Gasteiger partial charge is 0.169 e. The van der Waals surface area contributed by atoms with Crippen LogP contribution in [0.15, 0.2) is 54.6 Å². The average molecular weight is 385 g/mol. The molecule has 0 aromatic heterocycles. The molecule has 1 spiro atoms. The van der Waals surface area contributed by atoms with Crippen molar-refractivity contribution in [3.63, 3.8) is 0 Å². The van der Waals surface area contributed by atoms with Gasteiger partial charge in [-0.05, 0) is 83.8 Å². The van der Waals surface area contributed by atoms with Crippen LogP contribution in [0, 0.1) is 28.4 Å². The van der Waals surface area contributed by atoms with E-state index in [1.54, 1.807) is 6.07 Å². The van der Waals surface area contributed by atoms with Gasteiger partial charge in [0.05, 0.1) is 11.6 Å². The maximum Gasteiger partial charge on any atom is 0.169 e. The summed E-state index contributed by atoms with van der Waals surface area (Å²) in [6.45, 7) is 0. The van der Waals surface area contributed by atoms with Gasteiger partial charge >= 0.3 is 0 Å². The van der Waals surface area contributed by atoms with E-state index in [1.165, 1.54) is 12.1 Å². The Balaban J connectivity index is 1.52. The van der Waals surface area contributed by atoms with Crippen molar-refractivity contribution in [2.24, 2.45) is 5.41 Å². The van der Waals surface area contributed by atoms with Crippen LogP contribution in [0.1, 0.15) is 39.0 Å². The number of hydrogen-bond donors (Lipinski definition) is 0. The van der Waals surface area contributed by atoms with E-state index >= 15 is 0 Å². The van der Waals surface area contributed by atoms with Gasteiger partial charge in [0, 0.05) is 11.0 Å². The maximum absolute atomic E-state index is 13.8. The van der Waals surface area contributed by atoms with Gasteiger partial charge in [-0.1, -0.05) is 24.3 Å². The second kappa shape index (κ2) is 6.35. The molecule has 2 aliphatic carbocycles. The Morgan fingerprint density at radius 2 is 1.59 bits per heavy atom. The van der Waals surface area contributed by atoms with Crippen LogP contribution in [0.3, 0.4) is 0 Å². The molecule has 3 aromatic rings. The summed E-state index contributed by atoms with van der Waals surface area (Å²) in [5.41, 5.74) is 5.03. The average Bonchev–Trinajstić information content (AvgIpc) is 3.00. The number of carbonyl (C=O) groups is 1. The summed E-state index contributed by atoms with van der Waals surface area (Å²) in [4.78, 5) is 13.4. The first-order valence-corrected chi connectivity index (χ1v) is 9.64. The van der Waals surface area contributed by atoms with Crippen molar-refractivity contribution < 1.29 is 13.6 Å². The summed E-state index contributed by atoms with van der Waals surface area (Å²) in [6, 6.07) is 17.8. The molecule has 142 valence electrons. The van der Waals surface area contributed by atoms with Gasteiger partial charge < -0.3 is 0 Å². The van der Waals surface area contributed by atoms with E-state index in [4.69, 9.17) is 5.26 Å². The number of hydrogen-bond acceptors (Lipinski definition) is 2. The Bertz CT molecular complexity index is 1220. The lowest BCUT2D eigenvalue weighted by Crippen LogP contribution is -2.35. The van der Waals surface area contributed by atoms with Gasteiger partial charge in [0.15, 0.2) is 17.4 Å². The number of halogens is 2. The number of fused-ring (bicyclic) bond motifs is 2. The molecule has 2 nitrogen and oxygen atoms in total. The molecule has 0 radical (unpaired) electrons. The van der Waals surface area contributed by atoms with E-state index in [0.717, 1.165) is 27.8 Å².